The molecule has 19 heavy (non-hydrogen) atoms. The Labute approximate surface area is 121 Å². The van der Waals surface area contributed by atoms with Gasteiger partial charge in [0.2, 0.25) is 0 Å². The van der Waals surface area contributed by atoms with Crippen molar-refractivity contribution in [2.45, 2.75) is 65.5 Å². The summed E-state index contributed by atoms with van der Waals surface area (Å²) in [6, 6.07) is 1.11. The monoisotopic (exact) mass is 281 g/mol. The van der Waals surface area contributed by atoms with Crippen LogP contribution >= 0.6 is 11.3 Å². The van der Waals surface area contributed by atoms with Gasteiger partial charge in [-0.1, -0.05) is 13.8 Å². The van der Waals surface area contributed by atoms with E-state index >= 15 is 0 Å². The van der Waals surface area contributed by atoms with E-state index in [1.54, 1.807) is 0 Å². The largest absolute Gasteiger partial charge is 0.345 e. The number of aryl methyl sites for hydroxylation is 1. The Morgan fingerprint density at radius 2 is 2.21 bits per heavy atom. The van der Waals surface area contributed by atoms with Gasteiger partial charge < -0.3 is 10.2 Å². The van der Waals surface area contributed by atoms with Gasteiger partial charge in [0.1, 0.15) is 0 Å². The van der Waals surface area contributed by atoms with Crippen molar-refractivity contribution in [2.75, 3.05) is 18.0 Å². The van der Waals surface area contributed by atoms with E-state index in [1.165, 1.54) is 47.9 Å². The summed E-state index contributed by atoms with van der Waals surface area (Å²) in [4.78, 5) is 8.79. The summed E-state index contributed by atoms with van der Waals surface area (Å²) >= 11 is 1.89. The number of hydrogen-bond acceptors (Lipinski definition) is 4. The highest BCUT2D eigenvalue weighted by atomic mass is 32.1. The van der Waals surface area contributed by atoms with E-state index in [2.05, 4.69) is 37.9 Å². The molecule has 0 saturated carbocycles. The molecule has 0 spiro atoms. The van der Waals surface area contributed by atoms with Crippen LogP contribution in [-0.2, 0) is 0 Å². The van der Waals surface area contributed by atoms with E-state index in [0.29, 0.717) is 12.1 Å². The van der Waals surface area contributed by atoms with Gasteiger partial charge in [0, 0.05) is 23.5 Å². The second-order valence-electron chi connectivity index (χ2n) is 5.48. The fraction of sp³-hybridized carbons (Fsp3) is 0.800. The SMILES string of the molecule is CCNC(C)c1sc(N2CCCCC2CC)nc1C. The first-order valence-electron chi connectivity index (χ1n) is 7.64. The minimum atomic E-state index is 0.418. The molecule has 2 rings (SSSR count). The molecule has 2 heterocycles. The van der Waals surface area contributed by atoms with Crippen molar-refractivity contribution < 1.29 is 0 Å². The van der Waals surface area contributed by atoms with Crippen molar-refractivity contribution >= 4 is 16.5 Å². The molecule has 1 saturated heterocycles. The second-order valence-corrected chi connectivity index (χ2v) is 6.49. The molecule has 1 aliphatic heterocycles. The van der Waals surface area contributed by atoms with Crippen LogP contribution in [0.4, 0.5) is 5.13 Å². The summed E-state index contributed by atoms with van der Waals surface area (Å²) in [5, 5.41) is 4.74. The van der Waals surface area contributed by atoms with Gasteiger partial charge >= 0.3 is 0 Å². The molecule has 1 aliphatic rings. The molecule has 0 bridgehead atoms. The maximum Gasteiger partial charge on any atom is 0.186 e. The summed E-state index contributed by atoms with van der Waals surface area (Å²) in [6.07, 6.45) is 5.25. The van der Waals surface area contributed by atoms with Crippen LogP contribution in [-0.4, -0.2) is 24.1 Å². The lowest BCUT2D eigenvalue weighted by Gasteiger charge is -2.35. The van der Waals surface area contributed by atoms with E-state index in [1.807, 2.05) is 11.3 Å². The van der Waals surface area contributed by atoms with Gasteiger partial charge in [0.25, 0.3) is 0 Å². The summed E-state index contributed by atoms with van der Waals surface area (Å²) in [5.74, 6) is 0. The average Bonchev–Trinajstić information content (AvgIpc) is 2.81. The molecule has 108 valence electrons. The molecule has 0 radical (unpaired) electrons. The van der Waals surface area contributed by atoms with E-state index in [9.17, 15) is 0 Å². The first kappa shape index (κ1) is 14.8. The van der Waals surface area contributed by atoms with Crippen LogP contribution in [0.3, 0.4) is 0 Å². The van der Waals surface area contributed by atoms with Crippen molar-refractivity contribution in [2.24, 2.45) is 0 Å². The first-order valence-corrected chi connectivity index (χ1v) is 8.46. The van der Waals surface area contributed by atoms with Gasteiger partial charge in [-0.3, -0.25) is 0 Å². The third-order valence-electron chi connectivity index (χ3n) is 4.07. The van der Waals surface area contributed by atoms with Crippen LogP contribution in [0.25, 0.3) is 0 Å². The number of thiazole rings is 1. The fourth-order valence-electron chi connectivity index (χ4n) is 2.99. The normalized spacial score (nSPS) is 21.7. The predicted octanol–water partition coefficient (Wildman–Crippen LogP) is 3.89. The van der Waals surface area contributed by atoms with Crippen LogP contribution in [0, 0.1) is 6.92 Å². The first-order chi connectivity index (χ1) is 9.17. The lowest BCUT2D eigenvalue weighted by atomic mass is 10.0. The minimum absolute atomic E-state index is 0.418. The zero-order chi connectivity index (χ0) is 13.8. The molecule has 0 aliphatic carbocycles. The van der Waals surface area contributed by atoms with E-state index in [0.717, 1.165) is 6.54 Å². The molecule has 3 nitrogen and oxygen atoms in total. The second kappa shape index (κ2) is 6.71. The Morgan fingerprint density at radius 3 is 2.89 bits per heavy atom. The third kappa shape index (κ3) is 3.29. The Morgan fingerprint density at radius 1 is 1.42 bits per heavy atom. The smallest absolute Gasteiger partial charge is 0.186 e. The van der Waals surface area contributed by atoms with Crippen molar-refractivity contribution in [3.63, 3.8) is 0 Å². The van der Waals surface area contributed by atoms with E-state index in [-0.39, 0.29) is 0 Å². The van der Waals surface area contributed by atoms with Crippen LogP contribution in [0.1, 0.15) is 63.1 Å². The summed E-state index contributed by atoms with van der Waals surface area (Å²) in [5.41, 5.74) is 1.20. The molecular formula is C15H27N3S. The fourth-order valence-corrected chi connectivity index (χ4v) is 4.18. The van der Waals surface area contributed by atoms with Gasteiger partial charge in [0.15, 0.2) is 5.13 Å². The summed E-state index contributed by atoms with van der Waals surface area (Å²) < 4.78 is 0. The minimum Gasteiger partial charge on any atom is -0.345 e. The molecule has 1 aromatic rings. The molecule has 4 heteroatoms. The summed E-state index contributed by atoms with van der Waals surface area (Å²) in [7, 11) is 0. The average molecular weight is 281 g/mol. The van der Waals surface area contributed by atoms with Crippen LogP contribution in [0.2, 0.25) is 0 Å². The number of anilines is 1. The quantitative estimate of drug-likeness (QED) is 0.887. The van der Waals surface area contributed by atoms with Crippen molar-refractivity contribution in [1.29, 1.82) is 0 Å². The molecule has 2 unspecified atom stereocenters. The van der Waals surface area contributed by atoms with E-state index < -0.39 is 0 Å². The standard InChI is InChI=1S/C15H27N3S/c1-5-13-9-7-8-10-18(13)15-17-12(4)14(19-15)11(3)16-6-2/h11,13,16H,5-10H2,1-4H3. The van der Waals surface area contributed by atoms with Crippen LogP contribution in [0.5, 0.6) is 0 Å². The Bertz CT molecular complexity index is 402. The van der Waals surface area contributed by atoms with Crippen molar-refractivity contribution in [3.8, 4) is 0 Å². The Kier molecular flexibility index (Phi) is 5.22. The topological polar surface area (TPSA) is 28.2 Å². The van der Waals surface area contributed by atoms with Gasteiger partial charge in [-0.25, -0.2) is 4.98 Å². The number of aromatic nitrogens is 1. The predicted molar refractivity (Wildman–Crippen MR) is 84.2 cm³/mol. The molecular weight excluding hydrogens is 254 g/mol. The Hall–Kier alpha value is -0.610. The maximum atomic E-state index is 4.84. The van der Waals surface area contributed by atoms with Gasteiger partial charge in [-0.05, 0) is 46.1 Å². The van der Waals surface area contributed by atoms with Crippen LogP contribution < -0.4 is 10.2 Å². The zero-order valence-corrected chi connectivity index (χ0v) is 13.5. The highest BCUT2D eigenvalue weighted by Gasteiger charge is 2.25. The maximum absolute atomic E-state index is 4.84. The third-order valence-corrected chi connectivity index (χ3v) is 5.45. The zero-order valence-electron chi connectivity index (χ0n) is 12.7. The summed E-state index contributed by atoms with van der Waals surface area (Å²) in [6.45, 7) is 11.0. The molecule has 0 amide bonds. The van der Waals surface area contributed by atoms with Crippen molar-refractivity contribution in [1.82, 2.24) is 10.3 Å². The molecule has 1 aromatic heterocycles. The van der Waals surface area contributed by atoms with Gasteiger partial charge in [-0.2, -0.15) is 0 Å². The number of rotatable bonds is 5. The number of nitrogens with one attached hydrogen (secondary N) is 1. The number of nitrogens with zero attached hydrogens (tertiary/aromatic N) is 2. The van der Waals surface area contributed by atoms with Gasteiger partial charge in [-0.15, -0.1) is 11.3 Å². The van der Waals surface area contributed by atoms with E-state index in [4.69, 9.17) is 4.98 Å². The number of hydrogen-bond donors (Lipinski definition) is 1. The highest BCUT2D eigenvalue weighted by molar-refractivity contribution is 7.15. The Balaban J connectivity index is 2.18. The van der Waals surface area contributed by atoms with Crippen LogP contribution in [0.15, 0.2) is 0 Å². The van der Waals surface area contributed by atoms with Crippen molar-refractivity contribution in [3.05, 3.63) is 10.6 Å². The lowest BCUT2D eigenvalue weighted by Crippen LogP contribution is -2.39. The molecule has 1 fully saturated rings. The molecule has 2 atom stereocenters. The molecule has 0 aromatic carbocycles. The lowest BCUT2D eigenvalue weighted by molar-refractivity contribution is 0.449. The number of piperidine rings is 1. The van der Waals surface area contributed by atoms with Gasteiger partial charge in [0.05, 0.1) is 5.69 Å². The highest BCUT2D eigenvalue weighted by Crippen LogP contribution is 2.34. The molecule has 1 N–H and O–H groups in total.